The number of benzene rings is 2. The van der Waals surface area contributed by atoms with Gasteiger partial charge in [-0.1, -0.05) is 40.0 Å². The molecule has 0 radical (unpaired) electrons. The topological polar surface area (TPSA) is 136 Å². The Morgan fingerprint density at radius 1 is 0.869 bits per heavy atom. The van der Waals surface area contributed by atoms with Crippen LogP contribution in [-0.4, -0.2) is 103 Å². The largest absolute Gasteiger partial charge is 0.496 e. The smallest absolute Gasteiger partial charge is 0.328 e. The fraction of sp³-hybridized carbons (Fsp3) is 0.511. The van der Waals surface area contributed by atoms with E-state index in [1.165, 1.54) is 18.2 Å². The van der Waals surface area contributed by atoms with Crippen LogP contribution in [0.5, 0.6) is 11.5 Å². The van der Waals surface area contributed by atoms with E-state index in [1.807, 2.05) is 30.7 Å². The summed E-state index contributed by atoms with van der Waals surface area (Å²) < 4.78 is 35.0. The molecule has 4 amide bonds. The van der Waals surface area contributed by atoms with Crippen LogP contribution in [0.4, 0.5) is 14.9 Å². The van der Waals surface area contributed by atoms with Crippen LogP contribution in [0.2, 0.25) is 0 Å². The van der Waals surface area contributed by atoms with Crippen molar-refractivity contribution in [3.8, 4) is 22.6 Å². The first-order chi connectivity index (χ1) is 29.7. The number of hydrogen-bond donors (Lipinski definition) is 1. The van der Waals surface area contributed by atoms with Crippen LogP contribution < -0.4 is 25.2 Å². The molecule has 1 N–H and O–H groups in total. The fourth-order valence-electron chi connectivity index (χ4n) is 8.56. The lowest BCUT2D eigenvalue weighted by Crippen LogP contribution is -2.50. The van der Waals surface area contributed by atoms with Crippen molar-refractivity contribution in [2.24, 2.45) is 0 Å². The van der Waals surface area contributed by atoms with Gasteiger partial charge in [-0.15, -0.1) is 0 Å². The third-order valence-corrected chi connectivity index (χ3v) is 11.9. The standard InChI is InChI=1S/C45H55FN6O7.C2H6.H2/c1-4-5-6-7-18-51-29-37(34-10-17-47-28-36(34)44(51)55)31-26-40(57-2)35(41(27-31)58-3)15-21-49-19-11-32(12-20-49)59-33-13-22-50(23-14-33)43(54)30-8-9-38(46)39(25-30)52-24-16-42(53)48-45(52)56;1-2;/h8-10,17,25-29,32-33H,4-7,11-16,18-24H2,1-3H3,(H,48,53,56);1-2H3;1H. The summed E-state index contributed by atoms with van der Waals surface area (Å²) in [5, 5.41) is 3.64. The molecule has 61 heavy (non-hydrogen) atoms. The minimum absolute atomic E-state index is 0. The molecule has 0 saturated carbocycles. The Hall–Kier alpha value is -5.34. The molecule has 3 aliphatic heterocycles. The van der Waals surface area contributed by atoms with Crippen LogP contribution in [0.1, 0.15) is 95.9 Å². The van der Waals surface area contributed by atoms with Crippen molar-refractivity contribution in [2.45, 2.75) is 104 Å². The lowest BCUT2D eigenvalue weighted by molar-refractivity contribution is -0.120. The number of rotatable bonds is 15. The molecule has 0 bridgehead atoms. The molecule has 4 aromatic rings. The first-order valence-corrected chi connectivity index (χ1v) is 22.0. The minimum atomic E-state index is -0.696. The Bertz CT molecular complexity index is 2200. The summed E-state index contributed by atoms with van der Waals surface area (Å²) in [6.45, 7) is 10.6. The Morgan fingerprint density at radius 3 is 2.21 bits per heavy atom. The number of amides is 4. The van der Waals surface area contributed by atoms with E-state index in [4.69, 9.17) is 14.2 Å². The number of urea groups is 1. The number of carbonyl (C=O) groups excluding carboxylic acids is 3. The Kier molecular flexibility index (Phi) is 15.9. The molecular weight excluding hydrogens is 780 g/mol. The van der Waals surface area contributed by atoms with Gasteiger partial charge in [-0.05, 0) is 85.9 Å². The number of aryl methyl sites for hydroxylation is 1. The van der Waals surface area contributed by atoms with Crippen molar-refractivity contribution >= 4 is 34.3 Å². The van der Waals surface area contributed by atoms with Gasteiger partial charge in [-0.25, -0.2) is 9.18 Å². The number of nitrogens with one attached hydrogen (secondary N) is 1. The molecule has 2 aromatic heterocycles. The third-order valence-electron chi connectivity index (χ3n) is 11.9. The Labute approximate surface area is 359 Å². The van der Waals surface area contributed by atoms with Crippen LogP contribution >= 0.6 is 0 Å². The van der Waals surface area contributed by atoms with E-state index in [1.54, 1.807) is 31.5 Å². The van der Waals surface area contributed by atoms with Gasteiger partial charge in [-0.3, -0.25) is 29.6 Å². The highest BCUT2D eigenvalue weighted by molar-refractivity contribution is 6.06. The number of anilines is 1. The Morgan fingerprint density at radius 2 is 1.56 bits per heavy atom. The molecule has 0 spiro atoms. The zero-order valence-electron chi connectivity index (χ0n) is 36.3. The SMILES string of the molecule is CC.CCCCCCn1cc(-c2cc(OC)c(CCN3CCC(OC4CCN(C(=O)c5ccc(F)c(N6CCC(=O)NC6=O)c5)CC4)CC3)c(OC)c2)c2ccncc2c1=O.[HH]. The highest BCUT2D eigenvalue weighted by atomic mass is 19.1. The van der Waals surface area contributed by atoms with Crippen molar-refractivity contribution in [3.63, 3.8) is 0 Å². The third kappa shape index (κ3) is 10.8. The van der Waals surface area contributed by atoms with Crippen molar-refractivity contribution in [3.05, 3.63) is 82.3 Å². The second kappa shape index (κ2) is 21.4. The van der Waals surface area contributed by atoms with Crippen LogP contribution in [0.3, 0.4) is 0 Å². The number of likely N-dealkylation sites (tertiary alicyclic amines) is 2. The lowest BCUT2D eigenvalue weighted by Gasteiger charge is -2.37. The first-order valence-electron chi connectivity index (χ1n) is 22.0. The summed E-state index contributed by atoms with van der Waals surface area (Å²) in [7, 11) is 3.37. The molecular formula is C47H63FN6O7. The molecule has 5 heterocycles. The van der Waals surface area contributed by atoms with E-state index in [0.29, 0.717) is 43.4 Å². The lowest BCUT2D eigenvalue weighted by atomic mass is 9.97. The van der Waals surface area contributed by atoms with Crippen LogP contribution in [0.25, 0.3) is 21.9 Å². The summed E-state index contributed by atoms with van der Waals surface area (Å²) in [5.74, 6) is 0.235. The van der Waals surface area contributed by atoms with Crippen molar-refractivity contribution in [1.82, 2.24) is 24.7 Å². The van der Waals surface area contributed by atoms with Gasteiger partial charge in [-0.2, -0.15) is 0 Å². The van der Waals surface area contributed by atoms with Crippen LogP contribution in [0.15, 0.2) is 59.8 Å². The number of aromatic nitrogens is 2. The number of carbonyl (C=O) groups is 3. The molecule has 7 rings (SSSR count). The maximum atomic E-state index is 14.7. The monoisotopic (exact) mass is 842 g/mol. The summed E-state index contributed by atoms with van der Waals surface area (Å²) in [6, 6.07) is 9.33. The molecule has 3 saturated heterocycles. The van der Waals surface area contributed by atoms with Crippen molar-refractivity contribution in [2.75, 3.05) is 58.4 Å². The molecule has 0 unspecified atom stereocenters. The van der Waals surface area contributed by atoms with E-state index in [-0.39, 0.29) is 43.8 Å². The van der Waals surface area contributed by atoms with Gasteiger partial charge in [0.25, 0.3) is 11.5 Å². The zero-order valence-corrected chi connectivity index (χ0v) is 36.3. The number of halogens is 1. The second-order valence-electron chi connectivity index (χ2n) is 15.7. The molecule has 0 atom stereocenters. The number of piperidine rings is 2. The average Bonchev–Trinajstić information content (AvgIpc) is 3.29. The van der Waals surface area contributed by atoms with Gasteiger partial charge in [0.15, 0.2) is 0 Å². The number of unbranched alkanes of at least 4 members (excludes halogenated alkanes) is 3. The van der Waals surface area contributed by atoms with Gasteiger partial charge >= 0.3 is 6.03 Å². The second-order valence-corrected chi connectivity index (χ2v) is 15.7. The predicted octanol–water partition coefficient (Wildman–Crippen LogP) is 7.85. The number of fused-ring (bicyclic) bond motifs is 1. The molecule has 13 nitrogen and oxygen atoms in total. The first kappa shape index (κ1) is 45.2. The molecule has 14 heteroatoms. The van der Waals surface area contributed by atoms with Crippen molar-refractivity contribution < 1.29 is 34.4 Å². The van der Waals surface area contributed by atoms with Gasteiger partial charge in [0.1, 0.15) is 17.3 Å². The average molecular weight is 843 g/mol. The molecule has 3 fully saturated rings. The van der Waals surface area contributed by atoms with Gasteiger partial charge < -0.3 is 28.6 Å². The van der Waals surface area contributed by atoms with E-state index in [9.17, 15) is 23.6 Å². The van der Waals surface area contributed by atoms with Crippen LogP contribution in [-0.2, 0) is 22.5 Å². The van der Waals surface area contributed by atoms with E-state index >= 15 is 0 Å². The Balaban J connectivity index is 0.00000239. The van der Waals surface area contributed by atoms with Gasteiger partial charge in [0.2, 0.25) is 5.91 Å². The van der Waals surface area contributed by atoms with E-state index in [0.717, 1.165) is 103 Å². The van der Waals surface area contributed by atoms with Crippen molar-refractivity contribution in [1.29, 1.82) is 0 Å². The maximum Gasteiger partial charge on any atom is 0.328 e. The van der Waals surface area contributed by atoms with Gasteiger partial charge in [0.05, 0.1) is 37.5 Å². The quantitative estimate of drug-likeness (QED) is 0.119. The number of nitrogens with zero attached hydrogens (tertiary/aromatic N) is 5. The molecule has 330 valence electrons. The van der Waals surface area contributed by atoms with Gasteiger partial charge in [0, 0.05) is 88.9 Å². The predicted molar refractivity (Wildman–Crippen MR) is 237 cm³/mol. The molecule has 3 aliphatic rings. The summed E-state index contributed by atoms with van der Waals surface area (Å²) in [5.41, 5.74) is 3.11. The maximum absolute atomic E-state index is 14.7. The van der Waals surface area contributed by atoms with Crippen LogP contribution in [0, 0.1) is 5.82 Å². The fourth-order valence-corrected chi connectivity index (χ4v) is 8.56. The van der Waals surface area contributed by atoms with E-state index in [2.05, 4.69) is 34.3 Å². The normalized spacial score (nSPS) is 16.6. The summed E-state index contributed by atoms with van der Waals surface area (Å²) in [6.07, 6.45) is 13.9. The molecule has 2 aromatic carbocycles. The summed E-state index contributed by atoms with van der Waals surface area (Å²) in [4.78, 5) is 60.3. The number of pyridine rings is 2. The number of hydrogen-bond acceptors (Lipinski definition) is 9. The number of imide groups is 1. The highest BCUT2D eigenvalue weighted by Gasteiger charge is 2.31. The zero-order chi connectivity index (χ0) is 43.5. The van der Waals surface area contributed by atoms with E-state index < -0.39 is 17.8 Å². The molecule has 0 aliphatic carbocycles. The highest BCUT2D eigenvalue weighted by Crippen LogP contribution is 2.38. The number of ether oxygens (including phenoxy) is 3. The minimum Gasteiger partial charge on any atom is -0.496 e. The number of methoxy groups -OCH3 is 2. The summed E-state index contributed by atoms with van der Waals surface area (Å²) >= 11 is 0.